The fourth-order valence-electron chi connectivity index (χ4n) is 2.55. The fourth-order valence-corrected chi connectivity index (χ4v) is 4.60. The van der Waals surface area contributed by atoms with E-state index in [1.807, 2.05) is 23.1 Å². The number of hydrogen-bond donors (Lipinski definition) is 1. The average Bonchev–Trinajstić information content (AvgIpc) is 3.21. The second-order valence-corrected chi connectivity index (χ2v) is 7.79. The molecule has 1 aliphatic rings. The van der Waals surface area contributed by atoms with E-state index in [9.17, 15) is 4.79 Å². The maximum Gasteiger partial charge on any atom is 0.236 e. The van der Waals surface area contributed by atoms with Gasteiger partial charge in [0.25, 0.3) is 0 Å². The summed E-state index contributed by atoms with van der Waals surface area (Å²) in [4.78, 5) is 16.5. The highest BCUT2D eigenvalue weighted by molar-refractivity contribution is 7.16. The van der Waals surface area contributed by atoms with Crippen LogP contribution in [0, 0.1) is 0 Å². The van der Waals surface area contributed by atoms with Crippen LogP contribution in [0.25, 0.3) is 0 Å². The molecule has 0 aromatic carbocycles. The zero-order chi connectivity index (χ0) is 14.7. The Morgan fingerprint density at radius 3 is 2.71 bits per heavy atom. The highest BCUT2D eigenvalue weighted by atomic mass is 35.5. The first-order valence-electron chi connectivity index (χ1n) is 7.04. The number of rotatable bonds is 5. The Balaban J connectivity index is 1.69. The van der Waals surface area contributed by atoms with E-state index in [-0.39, 0.29) is 11.9 Å². The molecule has 1 saturated heterocycles. The molecule has 1 unspecified atom stereocenters. The molecule has 3 rings (SSSR count). The number of halogens is 1. The minimum Gasteiger partial charge on any atom is -0.342 e. The van der Waals surface area contributed by atoms with Crippen LogP contribution in [0.2, 0.25) is 4.34 Å². The third kappa shape index (κ3) is 3.66. The van der Waals surface area contributed by atoms with Crippen LogP contribution in [-0.2, 0) is 4.79 Å². The van der Waals surface area contributed by atoms with Crippen molar-refractivity contribution in [3.63, 3.8) is 0 Å². The SMILES string of the molecule is O=C(CNC(c1cccs1)c1ccc(Cl)s1)N1CCCC1. The van der Waals surface area contributed by atoms with E-state index in [1.54, 1.807) is 22.7 Å². The van der Waals surface area contributed by atoms with Gasteiger partial charge in [-0.15, -0.1) is 22.7 Å². The van der Waals surface area contributed by atoms with Gasteiger partial charge < -0.3 is 4.90 Å². The lowest BCUT2D eigenvalue weighted by atomic mass is 10.2. The zero-order valence-electron chi connectivity index (χ0n) is 11.5. The minimum atomic E-state index is 0.0500. The molecule has 3 nitrogen and oxygen atoms in total. The molecule has 1 N–H and O–H groups in total. The normalized spacial score (nSPS) is 16.3. The van der Waals surface area contributed by atoms with E-state index in [0.29, 0.717) is 6.54 Å². The first-order chi connectivity index (χ1) is 10.2. The summed E-state index contributed by atoms with van der Waals surface area (Å²) in [5.41, 5.74) is 0. The monoisotopic (exact) mass is 340 g/mol. The van der Waals surface area contributed by atoms with Crippen molar-refractivity contribution in [2.45, 2.75) is 18.9 Å². The van der Waals surface area contributed by atoms with Crippen molar-refractivity contribution >= 4 is 40.2 Å². The van der Waals surface area contributed by atoms with Crippen molar-refractivity contribution < 1.29 is 4.79 Å². The molecule has 0 aliphatic carbocycles. The molecular formula is C15H17ClN2OS2. The number of nitrogens with zero attached hydrogens (tertiary/aromatic N) is 1. The van der Waals surface area contributed by atoms with Gasteiger partial charge in [0, 0.05) is 22.8 Å². The summed E-state index contributed by atoms with van der Waals surface area (Å²) in [6.07, 6.45) is 2.25. The molecular weight excluding hydrogens is 324 g/mol. The largest absolute Gasteiger partial charge is 0.342 e. The molecule has 21 heavy (non-hydrogen) atoms. The van der Waals surface area contributed by atoms with Crippen molar-refractivity contribution in [2.24, 2.45) is 0 Å². The molecule has 0 bridgehead atoms. The van der Waals surface area contributed by atoms with Gasteiger partial charge in [-0.1, -0.05) is 17.7 Å². The Labute approximate surface area is 137 Å². The lowest BCUT2D eigenvalue weighted by Crippen LogP contribution is -2.37. The van der Waals surface area contributed by atoms with Crippen LogP contribution >= 0.6 is 34.3 Å². The third-order valence-corrected chi connectivity index (χ3v) is 5.86. The zero-order valence-corrected chi connectivity index (χ0v) is 13.9. The van der Waals surface area contributed by atoms with E-state index in [4.69, 9.17) is 11.6 Å². The lowest BCUT2D eigenvalue weighted by Gasteiger charge is -2.19. The number of thiophene rings is 2. The molecule has 112 valence electrons. The van der Waals surface area contributed by atoms with Crippen LogP contribution in [0.5, 0.6) is 0 Å². The van der Waals surface area contributed by atoms with E-state index in [0.717, 1.165) is 35.1 Å². The van der Waals surface area contributed by atoms with Gasteiger partial charge in [-0.2, -0.15) is 0 Å². The predicted molar refractivity (Wildman–Crippen MR) is 89.3 cm³/mol. The number of carbonyl (C=O) groups is 1. The van der Waals surface area contributed by atoms with Gasteiger partial charge in [-0.3, -0.25) is 10.1 Å². The molecule has 2 aromatic heterocycles. The van der Waals surface area contributed by atoms with E-state index in [2.05, 4.69) is 16.8 Å². The second kappa shape index (κ2) is 6.92. The summed E-state index contributed by atoms with van der Waals surface area (Å²) in [5.74, 6) is 0.191. The number of amides is 1. The summed E-state index contributed by atoms with van der Waals surface area (Å²) in [7, 11) is 0. The van der Waals surface area contributed by atoms with Crippen molar-refractivity contribution in [3.05, 3.63) is 43.7 Å². The van der Waals surface area contributed by atoms with Crippen molar-refractivity contribution in [1.82, 2.24) is 10.2 Å². The van der Waals surface area contributed by atoms with E-state index < -0.39 is 0 Å². The maximum absolute atomic E-state index is 12.2. The number of hydrogen-bond acceptors (Lipinski definition) is 4. The first kappa shape index (κ1) is 15.0. The number of nitrogens with one attached hydrogen (secondary N) is 1. The summed E-state index contributed by atoms with van der Waals surface area (Å²) in [6.45, 7) is 2.17. The van der Waals surface area contributed by atoms with E-state index >= 15 is 0 Å². The quantitative estimate of drug-likeness (QED) is 0.898. The van der Waals surface area contributed by atoms with Crippen LogP contribution in [-0.4, -0.2) is 30.4 Å². The maximum atomic E-state index is 12.2. The van der Waals surface area contributed by atoms with Crippen LogP contribution in [0.3, 0.4) is 0 Å². The molecule has 0 saturated carbocycles. The molecule has 6 heteroatoms. The van der Waals surface area contributed by atoms with Crippen LogP contribution in [0.15, 0.2) is 29.6 Å². The Morgan fingerprint density at radius 2 is 2.10 bits per heavy atom. The summed E-state index contributed by atoms with van der Waals surface area (Å²) >= 11 is 9.31. The van der Waals surface area contributed by atoms with Gasteiger partial charge >= 0.3 is 0 Å². The summed E-state index contributed by atoms with van der Waals surface area (Å²) in [5, 5.41) is 5.46. The summed E-state index contributed by atoms with van der Waals surface area (Å²) < 4.78 is 0.777. The average molecular weight is 341 g/mol. The second-order valence-electron chi connectivity index (χ2n) is 5.06. The molecule has 1 fully saturated rings. The highest BCUT2D eigenvalue weighted by Crippen LogP contribution is 2.32. The predicted octanol–water partition coefficient (Wildman–Crippen LogP) is 3.76. The van der Waals surface area contributed by atoms with E-state index in [1.165, 1.54) is 4.88 Å². The Morgan fingerprint density at radius 1 is 1.29 bits per heavy atom. The number of carbonyl (C=O) groups excluding carboxylic acids is 1. The van der Waals surface area contributed by atoms with Gasteiger partial charge in [0.2, 0.25) is 5.91 Å². The van der Waals surface area contributed by atoms with Crippen molar-refractivity contribution in [2.75, 3.05) is 19.6 Å². The van der Waals surface area contributed by atoms with Gasteiger partial charge in [-0.05, 0) is 36.4 Å². The first-order valence-corrected chi connectivity index (χ1v) is 9.11. The van der Waals surface area contributed by atoms with Gasteiger partial charge in [0.15, 0.2) is 0 Å². The van der Waals surface area contributed by atoms with Gasteiger partial charge in [0.05, 0.1) is 16.9 Å². The minimum absolute atomic E-state index is 0.0500. The van der Waals surface area contributed by atoms with Crippen LogP contribution in [0.4, 0.5) is 0 Å². The molecule has 1 amide bonds. The molecule has 0 spiro atoms. The molecule has 2 aromatic rings. The third-order valence-electron chi connectivity index (χ3n) is 3.62. The fraction of sp³-hybridized carbons (Fsp3) is 0.400. The standard InChI is InChI=1S/C15H17ClN2OS2/c16-13-6-5-12(21-13)15(11-4-3-9-20-11)17-10-14(19)18-7-1-2-8-18/h3-6,9,15,17H,1-2,7-8,10H2. The Hall–Kier alpha value is -0.880. The van der Waals surface area contributed by atoms with Gasteiger partial charge in [0.1, 0.15) is 0 Å². The Kier molecular flexibility index (Phi) is 4.95. The highest BCUT2D eigenvalue weighted by Gasteiger charge is 2.21. The smallest absolute Gasteiger partial charge is 0.236 e. The summed E-state index contributed by atoms with van der Waals surface area (Å²) in [6, 6.07) is 8.12. The molecule has 1 aliphatic heterocycles. The van der Waals surface area contributed by atoms with Crippen molar-refractivity contribution in [1.29, 1.82) is 0 Å². The molecule has 1 atom stereocenters. The number of likely N-dealkylation sites (tertiary alicyclic amines) is 1. The van der Waals surface area contributed by atoms with Gasteiger partial charge in [-0.25, -0.2) is 0 Å². The Bertz CT molecular complexity index is 591. The lowest BCUT2D eigenvalue weighted by molar-refractivity contribution is -0.129. The van der Waals surface area contributed by atoms with Crippen LogP contribution < -0.4 is 5.32 Å². The van der Waals surface area contributed by atoms with Crippen LogP contribution in [0.1, 0.15) is 28.6 Å². The topological polar surface area (TPSA) is 32.3 Å². The molecule has 0 radical (unpaired) electrons. The van der Waals surface area contributed by atoms with Crippen molar-refractivity contribution in [3.8, 4) is 0 Å². The molecule has 3 heterocycles.